The number of nitrogens with zero attached hydrogens (tertiary/aromatic N) is 2. The number of carbonyl (C=O) groups excluding carboxylic acids is 2. The number of hydrogen-bond donors (Lipinski definition) is 1. The highest BCUT2D eigenvalue weighted by Gasteiger charge is 2.22. The quantitative estimate of drug-likeness (QED) is 0.826. The van der Waals surface area contributed by atoms with Gasteiger partial charge < -0.3 is 15.0 Å². The van der Waals surface area contributed by atoms with Gasteiger partial charge in [0.2, 0.25) is 5.91 Å². The lowest BCUT2D eigenvalue weighted by Crippen LogP contribution is -2.51. The molecule has 1 fully saturated rings. The molecule has 0 spiro atoms. The van der Waals surface area contributed by atoms with Crippen molar-refractivity contribution < 1.29 is 14.3 Å². The third-order valence-corrected chi connectivity index (χ3v) is 3.48. The van der Waals surface area contributed by atoms with Crippen molar-refractivity contribution >= 4 is 11.8 Å². The third kappa shape index (κ3) is 4.75. The standard InChI is InChI=1S/C15H21N3O3/c1-16-14(19)11-17-7-9-18(10-8-17)15(20)12-21-13-5-3-2-4-6-13/h2-6H,7-12H2,1H3,(H,16,19). The first-order valence-electron chi connectivity index (χ1n) is 7.07. The van der Waals surface area contributed by atoms with Crippen molar-refractivity contribution in [3.63, 3.8) is 0 Å². The number of ether oxygens (including phenoxy) is 1. The van der Waals surface area contributed by atoms with Crippen molar-refractivity contribution in [3.05, 3.63) is 30.3 Å². The van der Waals surface area contributed by atoms with Crippen molar-refractivity contribution in [1.82, 2.24) is 15.1 Å². The van der Waals surface area contributed by atoms with Crippen LogP contribution in [0, 0.1) is 0 Å². The van der Waals surface area contributed by atoms with Crippen LogP contribution in [0.1, 0.15) is 0 Å². The topological polar surface area (TPSA) is 61.9 Å². The Morgan fingerprint density at radius 1 is 1.14 bits per heavy atom. The maximum absolute atomic E-state index is 12.1. The molecule has 1 aromatic carbocycles. The zero-order chi connectivity index (χ0) is 15.1. The van der Waals surface area contributed by atoms with Gasteiger partial charge in [0, 0.05) is 33.2 Å². The number of amides is 2. The van der Waals surface area contributed by atoms with E-state index in [9.17, 15) is 9.59 Å². The van der Waals surface area contributed by atoms with Gasteiger partial charge in [0.1, 0.15) is 5.75 Å². The second-order valence-corrected chi connectivity index (χ2v) is 4.93. The fraction of sp³-hybridized carbons (Fsp3) is 0.467. The van der Waals surface area contributed by atoms with Gasteiger partial charge in [0.15, 0.2) is 6.61 Å². The molecule has 114 valence electrons. The van der Waals surface area contributed by atoms with Crippen LogP contribution in [-0.2, 0) is 9.59 Å². The van der Waals surface area contributed by atoms with Gasteiger partial charge in [-0.3, -0.25) is 14.5 Å². The molecule has 1 heterocycles. The minimum Gasteiger partial charge on any atom is -0.484 e. The predicted octanol–water partition coefficient (Wildman–Crippen LogP) is -0.0444. The Balaban J connectivity index is 1.72. The number of rotatable bonds is 5. The van der Waals surface area contributed by atoms with Gasteiger partial charge in [0.25, 0.3) is 5.91 Å². The van der Waals surface area contributed by atoms with Crippen molar-refractivity contribution in [2.24, 2.45) is 0 Å². The summed E-state index contributed by atoms with van der Waals surface area (Å²) in [6, 6.07) is 9.30. The molecular weight excluding hydrogens is 270 g/mol. The summed E-state index contributed by atoms with van der Waals surface area (Å²) in [6.07, 6.45) is 0. The molecule has 1 saturated heterocycles. The first-order chi connectivity index (χ1) is 10.2. The first kappa shape index (κ1) is 15.3. The molecule has 1 aliphatic rings. The van der Waals surface area contributed by atoms with Crippen LogP contribution in [-0.4, -0.2) is 68.0 Å². The fourth-order valence-corrected chi connectivity index (χ4v) is 2.19. The van der Waals surface area contributed by atoms with E-state index in [0.29, 0.717) is 38.5 Å². The summed E-state index contributed by atoms with van der Waals surface area (Å²) in [4.78, 5) is 27.2. The molecule has 21 heavy (non-hydrogen) atoms. The van der Waals surface area contributed by atoms with E-state index in [-0.39, 0.29) is 18.4 Å². The highest BCUT2D eigenvalue weighted by atomic mass is 16.5. The lowest BCUT2D eigenvalue weighted by atomic mass is 10.3. The highest BCUT2D eigenvalue weighted by Crippen LogP contribution is 2.09. The Labute approximate surface area is 124 Å². The summed E-state index contributed by atoms with van der Waals surface area (Å²) >= 11 is 0. The summed E-state index contributed by atoms with van der Waals surface area (Å²) in [5, 5.41) is 2.60. The lowest BCUT2D eigenvalue weighted by molar-refractivity contribution is -0.135. The first-order valence-corrected chi connectivity index (χ1v) is 7.07. The number of likely N-dealkylation sites (N-methyl/N-ethyl adjacent to an activating group) is 1. The molecule has 1 aliphatic heterocycles. The SMILES string of the molecule is CNC(=O)CN1CCN(C(=O)COc2ccccc2)CC1. The average molecular weight is 291 g/mol. The maximum Gasteiger partial charge on any atom is 0.260 e. The molecule has 0 aliphatic carbocycles. The van der Waals surface area contributed by atoms with E-state index in [2.05, 4.69) is 5.32 Å². The fourth-order valence-electron chi connectivity index (χ4n) is 2.19. The summed E-state index contributed by atoms with van der Waals surface area (Å²) < 4.78 is 5.46. The van der Waals surface area contributed by atoms with E-state index in [1.807, 2.05) is 35.2 Å². The number of nitrogens with one attached hydrogen (secondary N) is 1. The Bertz CT molecular complexity index is 470. The van der Waals surface area contributed by atoms with Gasteiger partial charge >= 0.3 is 0 Å². The lowest BCUT2D eigenvalue weighted by Gasteiger charge is -2.34. The van der Waals surface area contributed by atoms with E-state index in [1.54, 1.807) is 11.9 Å². The van der Waals surface area contributed by atoms with Gasteiger partial charge in [-0.05, 0) is 12.1 Å². The second kappa shape index (κ2) is 7.64. The summed E-state index contributed by atoms with van der Waals surface area (Å²) in [7, 11) is 1.63. The summed E-state index contributed by atoms with van der Waals surface area (Å²) in [5.74, 6) is 0.685. The molecule has 6 heteroatoms. The van der Waals surface area contributed by atoms with Crippen LogP contribution in [0.15, 0.2) is 30.3 Å². The zero-order valence-electron chi connectivity index (χ0n) is 12.2. The predicted molar refractivity (Wildman–Crippen MR) is 79.0 cm³/mol. The molecule has 0 unspecified atom stereocenters. The second-order valence-electron chi connectivity index (χ2n) is 4.93. The van der Waals surface area contributed by atoms with E-state index < -0.39 is 0 Å². The summed E-state index contributed by atoms with van der Waals surface area (Å²) in [6.45, 7) is 3.13. The van der Waals surface area contributed by atoms with Crippen molar-refractivity contribution in [2.75, 3.05) is 46.4 Å². The van der Waals surface area contributed by atoms with Gasteiger partial charge in [-0.2, -0.15) is 0 Å². The average Bonchev–Trinajstić information content (AvgIpc) is 2.54. The third-order valence-electron chi connectivity index (χ3n) is 3.48. The van der Waals surface area contributed by atoms with Crippen LogP contribution in [0.5, 0.6) is 5.75 Å². The molecule has 1 N–H and O–H groups in total. The Morgan fingerprint density at radius 2 is 1.81 bits per heavy atom. The van der Waals surface area contributed by atoms with Crippen LogP contribution in [0.4, 0.5) is 0 Å². The number of piperazine rings is 1. The normalized spacial score (nSPS) is 15.6. The molecule has 2 amide bonds. The van der Waals surface area contributed by atoms with Crippen LogP contribution < -0.4 is 10.1 Å². The minimum atomic E-state index is -0.0153. The largest absolute Gasteiger partial charge is 0.484 e. The number of para-hydroxylation sites is 1. The Hall–Kier alpha value is -2.08. The van der Waals surface area contributed by atoms with Crippen LogP contribution >= 0.6 is 0 Å². The van der Waals surface area contributed by atoms with Crippen LogP contribution in [0.2, 0.25) is 0 Å². The summed E-state index contributed by atoms with van der Waals surface area (Å²) in [5.41, 5.74) is 0. The minimum absolute atomic E-state index is 0.00203. The van der Waals surface area contributed by atoms with E-state index in [0.717, 1.165) is 0 Å². The van der Waals surface area contributed by atoms with Gasteiger partial charge in [-0.25, -0.2) is 0 Å². The van der Waals surface area contributed by atoms with Crippen LogP contribution in [0.25, 0.3) is 0 Å². The maximum atomic E-state index is 12.1. The molecular formula is C15H21N3O3. The van der Waals surface area contributed by atoms with E-state index in [1.165, 1.54) is 0 Å². The molecule has 0 saturated carbocycles. The zero-order valence-corrected chi connectivity index (χ0v) is 12.2. The van der Waals surface area contributed by atoms with Crippen molar-refractivity contribution in [3.8, 4) is 5.75 Å². The highest BCUT2D eigenvalue weighted by molar-refractivity contribution is 5.78. The molecule has 0 aromatic heterocycles. The van der Waals surface area contributed by atoms with Gasteiger partial charge in [-0.1, -0.05) is 18.2 Å². The smallest absolute Gasteiger partial charge is 0.260 e. The Morgan fingerprint density at radius 3 is 2.43 bits per heavy atom. The molecule has 0 radical (unpaired) electrons. The Kier molecular flexibility index (Phi) is 5.57. The monoisotopic (exact) mass is 291 g/mol. The van der Waals surface area contributed by atoms with E-state index in [4.69, 9.17) is 4.74 Å². The molecule has 6 nitrogen and oxygen atoms in total. The number of benzene rings is 1. The van der Waals surface area contributed by atoms with Crippen molar-refractivity contribution in [1.29, 1.82) is 0 Å². The van der Waals surface area contributed by atoms with E-state index >= 15 is 0 Å². The van der Waals surface area contributed by atoms with Crippen molar-refractivity contribution in [2.45, 2.75) is 0 Å². The molecule has 2 rings (SSSR count). The van der Waals surface area contributed by atoms with Gasteiger partial charge in [-0.15, -0.1) is 0 Å². The number of carbonyl (C=O) groups is 2. The molecule has 1 aromatic rings. The number of hydrogen-bond acceptors (Lipinski definition) is 4. The molecule has 0 atom stereocenters. The molecule has 0 bridgehead atoms. The van der Waals surface area contributed by atoms with Crippen LogP contribution in [0.3, 0.4) is 0 Å². The van der Waals surface area contributed by atoms with Gasteiger partial charge in [0.05, 0.1) is 6.54 Å².